The van der Waals surface area contributed by atoms with E-state index in [9.17, 15) is 0 Å². The molecule has 3 rings (SSSR count). The maximum absolute atomic E-state index is 5.75. The third-order valence-corrected chi connectivity index (χ3v) is 4.13. The number of hydrogen-bond acceptors (Lipinski definition) is 5. The number of aryl methyl sites for hydroxylation is 1. The van der Waals surface area contributed by atoms with Crippen LogP contribution in [0.15, 0.2) is 48.0 Å². The second-order valence-electron chi connectivity index (χ2n) is 4.78. The van der Waals surface area contributed by atoms with Crippen LogP contribution in [0.3, 0.4) is 0 Å². The number of thiazole rings is 1. The molecule has 0 bridgehead atoms. The predicted molar refractivity (Wildman–Crippen MR) is 84.2 cm³/mol. The summed E-state index contributed by atoms with van der Waals surface area (Å²) in [5, 5.41) is 7.54. The van der Waals surface area contributed by atoms with E-state index in [-0.39, 0.29) is 6.04 Å². The van der Waals surface area contributed by atoms with Crippen LogP contribution in [0.5, 0.6) is 0 Å². The highest BCUT2D eigenvalue weighted by Gasteiger charge is 2.17. The van der Waals surface area contributed by atoms with Gasteiger partial charge in [-0.3, -0.25) is 11.3 Å². The summed E-state index contributed by atoms with van der Waals surface area (Å²) >= 11 is 1.65. The summed E-state index contributed by atoms with van der Waals surface area (Å²) in [4.78, 5) is 4.50. The van der Waals surface area contributed by atoms with E-state index < -0.39 is 0 Å². The first-order chi connectivity index (χ1) is 10.3. The second kappa shape index (κ2) is 6.17. The standard InChI is InChI=1S/C15H17N5S/c1-11-18-12(10-21-11)9-14(19-16)15-7-8-17-20(15)13-5-3-2-4-6-13/h2-8,10,14,19H,9,16H2,1H3. The SMILES string of the molecule is Cc1nc(CC(NN)c2ccnn2-c2ccccc2)cs1. The molecule has 0 spiro atoms. The van der Waals surface area contributed by atoms with Crippen molar-refractivity contribution < 1.29 is 0 Å². The summed E-state index contributed by atoms with van der Waals surface area (Å²) in [6, 6.07) is 12.0. The molecule has 0 aliphatic heterocycles. The third kappa shape index (κ3) is 3.02. The third-order valence-electron chi connectivity index (χ3n) is 3.31. The molecule has 0 fully saturated rings. The average Bonchev–Trinajstić information content (AvgIpc) is 3.14. The molecule has 108 valence electrons. The number of nitrogens with zero attached hydrogens (tertiary/aromatic N) is 3. The summed E-state index contributed by atoms with van der Waals surface area (Å²) in [5.74, 6) is 5.75. The minimum atomic E-state index is -0.0331. The highest BCUT2D eigenvalue weighted by molar-refractivity contribution is 7.09. The van der Waals surface area contributed by atoms with Crippen molar-refractivity contribution >= 4 is 11.3 Å². The molecule has 2 heterocycles. The van der Waals surface area contributed by atoms with Crippen LogP contribution in [-0.4, -0.2) is 14.8 Å². The van der Waals surface area contributed by atoms with E-state index in [2.05, 4.69) is 20.9 Å². The Bertz CT molecular complexity index is 704. The number of nitrogens with two attached hydrogens (primary N) is 1. The summed E-state index contributed by atoms with van der Waals surface area (Å²) in [5.41, 5.74) is 5.96. The van der Waals surface area contributed by atoms with Crippen LogP contribution in [0.25, 0.3) is 5.69 Å². The van der Waals surface area contributed by atoms with Crippen molar-refractivity contribution in [1.29, 1.82) is 0 Å². The van der Waals surface area contributed by atoms with Crippen LogP contribution >= 0.6 is 11.3 Å². The van der Waals surface area contributed by atoms with Crippen molar-refractivity contribution in [3.8, 4) is 5.69 Å². The van der Waals surface area contributed by atoms with E-state index in [1.54, 1.807) is 17.5 Å². The molecule has 0 saturated heterocycles. The van der Waals surface area contributed by atoms with Crippen LogP contribution < -0.4 is 11.3 Å². The number of nitrogens with one attached hydrogen (secondary N) is 1. The first kappa shape index (κ1) is 13.9. The molecular weight excluding hydrogens is 282 g/mol. The van der Waals surface area contributed by atoms with E-state index in [0.717, 1.165) is 28.5 Å². The minimum Gasteiger partial charge on any atom is -0.271 e. The molecule has 0 aliphatic rings. The van der Waals surface area contributed by atoms with Gasteiger partial charge in [-0.05, 0) is 25.1 Å². The van der Waals surface area contributed by atoms with Gasteiger partial charge in [0.2, 0.25) is 0 Å². The van der Waals surface area contributed by atoms with Crippen LogP contribution in [0, 0.1) is 6.92 Å². The van der Waals surface area contributed by atoms with Crippen molar-refractivity contribution in [3.63, 3.8) is 0 Å². The van der Waals surface area contributed by atoms with Gasteiger partial charge >= 0.3 is 0 Å². The Labute approximate surface area is 127 Å². The second-order valence-corrected chi connectivity index (χ2v) is 5.85. The Hall–Kier alpha value is -2.02. The lowest BCUT2D eigenvalue weighted by atomic mass is 10.1. The predicted octanol–water partition coefficient (Wildman–Crippen LogP) is 2.38. The molecule has 21 heavy (non-hydrogen) atoms. The van der Waals surface area contributed by atoms with Crippen molar-refractivity contribution in [2.24, 2.45) is 5.84 Å². The Morgan fingerprint density at radius 2 is 2.10 bits per heavy atom. The first-order valence-corrected chi connectivity index (χ1v) is 7.62. The van der Waals surface area contributed by atoms with Crippen molar-refractivity contribution in [3.05, 3.63) is 64.4 Å². The molecule has 6 heteroatoms. The number of rotatable bonds is 5. The number of para-hydroxylation sites is 1. The molecule has 0 aliphatic carbocycles. The maximum Gasteiger partial charge on any atom is 0.0897 e. The zero-order valence-electron chi connectivity index (χ0n) is 11.7. The minimum absolute atomic E-state index is 0.0331. The van der Waals surface area contributed by atoms with Crippen LogP contribution in [0.4, 0.5) is 0 Å². The highest BCUT2D eigenvalue weighted by atomic mass is 32.1. The van der Waals surface area contributed by atoms with E-state index in [0.29, 0.717) is 0 Å². The molecule has 1 unspecified atom stereocenters. The molecule has 3 aromatic rings. The normalized spacial score (nSPS) is 12.5. The molecule has 0 saturated carbocycles. The molecule has 2 aromatic heterocycles. The van der Waals surface area contributed by atoms with Gasteiger partial charge in [0.25, 0.3) is 0 Å². The number of benzene rings is 1. The van der Waals surface area contributed by atoms with Gasteiger partial charge in [-0.25, -0.2) is 9.67 Å². The number of aromatic nitrogens is 3. The highest BCUT2D eigenvalue weighted by Crippen LogP contribution is 2.21. The van der Waals surface area contributed by atoms with Crippen molar-refractivity contribution in [2.45, 2.75) is 19.4 Å². The number of hydrazine groups is 1. The van der Waals surface area contributed by atoms with Crippen molar-refractivity contribution in [2.75, 3.05) is 0 Å². The molecule has 5 nitrogen and oxygen atoms in total. The van der Waals surface area contributed by atoms with Crippen LogP contribution in [-0.2, 0) is 6.42 Å². The topological polar surface area (TPSA) is 68.8 Å². The largest absolute Gasteiger partial charge is 0.271 e. The van der Waals surface area contributed by atoms with Gasteiger partial charge in [-0.15, -0.1) is 11.3 Å². The zero-order chi connectivity index (χ0) is 14.7. The summed E-state index contributed by atoms with van der Waals surface area (Å²) in [6.45, 7) is 2.01. The average molecular weight is 299 g/mol. The monoisotopic (exact) mass is 299 g/mol. The molecule has 3 N–H and O–H groups in total. The Balaban J connectivity index is 1.90. The lowest BCUT2D eigenvalue weighted by molar-refractivity contribution is 0.518. The van der Waals surface area contributed by atoms with E-state index in [1.807, 2.05) is 48.0 Å². The lowest BCUT2D eigenvalue weighted by Crippen LogP contribution is -2.31. The zero-order valence-corrected chi connectivity index (χ0v) is 12.5. The number of hydrogen-bond donors (Lipinski definition) is 2. The Morgan fingerprint density at radius 1 is 1.29 bits per heavy atom. The van der Waals surface area contributed by atoms with Gasteiger partial charge in [-0.1, -0.05) is 18.2 Å². The molecule has 1 atom stereocenters. The van der Waals surface area contributed by atoms with Crippen molar-refractivity contribution in [1.82, 2.24) is 20.2 Å². The van der Waals surface area contributed by atoms with Gasteiger partial charge in [0, 0.05) is 18.0 Å². The Morgan fingerprint density at radius 3 is 2.76 bits per heavy atom. The molecule has 0 amide bonds. The van der Waals surface area contributed by atoms with Gasteiger partial charge in [0.05, 0.1) is 28.1 Å². The van der Waals surface area contributed by atoms with Gasteiger partial charge < -0.3 is 0 Å². The quantitative estimate of drug-likeness (QED) is 0.560. The maximum atomic E-state index is 5.75. The molecular formula is C15H17N5S. The Kier molecular flexibility index (Phi) is 4.10. The molecule has 0 radical (unpaired) electrons. The van der Waals surface area contributed by atoms with Crippen LogP contribution in [0.2, 0.25) is 0 Å². The van der Waals surface area contributed by atoms with Gasteiger partial charge in [0.15, 0.2) is 0 Å². The van der Waals surface area contributed by atoms with E-state index in [1.165, 1.54) is 0 Å². The fraction of sp³-hybridized carbons (Fsp3) is 0.200. The fourth-order valence-electron chi connectivity index (χ4n) is 2.32. The molecule has 1 aromatic carbocycles. The van der Waals surface area contributed by atoms with Gasteiger partial charge in [0.1, 0.15) is 0 Å². The van der Waals surface area contributed by atoms with Gasteiger partial charge in [-0.2, -0.15) is 5.10 Å². The fourth-order valence-corrected chi connectivity index (χ4v) is 2.95. The first-order valence-electron chi connectivity index (χ1n) is 6.74. The van der Waals surface area contributed by atoms with E-state index >= 15 is 0 Å². The smallest absolute Gasteiger partial charge is 0.0897 e. The van der Waals surface area contributed by atoms with E-state index in [4.69, 9.17) is 5.84 Å². The van der Waals surface area contributed by atoms with Crippen LogP contribution in [0.1, 0.15) is 22.4 Å². The summed E-state index contributed by atoms with van der Waals surface area (Å²) in [6.07, 6.45) is 2.53. The lowest BCUT2D eigenvalue weighted by Gasteiger charge is -2.17. The summed E-state index contributed by atoms with van der Waals surface area (Å²) < 4.78 is 1.91. The summed E-state index contributed by atoms with van der Waals surface area (Å²) in [7, 11) is 0.